The first kappa shape index (κ1) is 15.1. The third kappa shape index (κ3) is 3.42. The highest BCUT2D eigenvalue weighted by Crippen LogP contribution is 2.29. The van der Waals surface area contributed by atoms with Crippen LogP contribution < -0.4 is 0 Å². The van der Waals surface area contributed by atoms with Gasteiger partial charge >= 0.3 is 0 Å². The van der Waals surface area contributed by atoms with Crippen molar-refractivity contribution in [2.24, 2.45) is 5.41 Å². The fraction of sp³-hybridized carbons (Fsp3) is 0.688. The molecule has 1 aliphatic heterocycles. The van der Waals surface area contributed by atoms with E-state index in [0.29, 0.717) is 25.1 Å². The van der Waals surface area contributed by atoms with Crippen molar-refractivity contribution in [2.45, 2.75) is 52.6 Å². The van der Waals surface area contributed by atoms with Crippen molar-refractivity contribution >= 4 is 5.91 Å². The molecule has 1 aliphatic rings. The summed E-state index contributed by atoms with van der Waals surface area (Å²) >= 11 is 0. The predicted octanol–water partition coefficient (Wildman–Crippen LogP) is 2.86. The highest BCUT2D eigenvalue weighted by atomic mass is 16.3. The van der Waals surface area contributed by atoms with Gasteiger partial charge in [-0.05, 0) is 30.7 Å². The molecule has 2 rings (SSSR count). The van der Waals surface area contributed by atoms with Crippen molar-refractivity contribution in [1.29, 1.82) is 0 Å². The predicted molar refractivity (Wildman–Crippen MR) is 77.6 cm³/mol. The van der Waals surface area contributed by atoms with Gasteiger partial charge in [-0.15, -0.1) is 0 Å². The van der Waals surface area contributed by atoms with Crippen LogP contribution in [-0.4, -0.2) is 35.1 Å². The number of hydrogen-bond donors (Lipinski definition) is 1. The molecule has 20 heavy (non-hydrogen) atoms. The van der Waals surface area contributed by atoms with Crippen LogP contribution in [0.5, 0.6) is 0 Å². The zero-order chi connectivity index (χ0) is 14.8. The van der Waals surface area contributed by atoms with Gasteiger partial charge in [-0.25, -0.2) is 0 Å². The Kier molecular flexibility index (Phi) is 4.53. The van der Waals surface area contributed by atoms with Gasteiger partial charge in [0.25, 0.3) is 5.91 Å². The topological polar surface area (TPSA) is 53.7 Å². The maximum atomic E-state index is 12.7. The lowest BCUT2D eigenvalue weighted by Gasteiger charge is -2.29. The van der Waals surface area contributed by atoms with E-state index in [4.69, 9.17) is 4.42 Å². The zero-order valence-electron chi connectivity index (χ0n) is 12.7. The lowest BCUT2D eigenvalue weighted by molar-refractivity contribution is 0.0702. The molecule has 2 heterocycles. The number of carbonyl (C=O) groups excluding carboxylic acids is 1. The van der Waals surface area contributed by atoms with Gasteiger partial charge in [0.1, 0.15) is 5.76 Å². The Morgan fingerprint density at radius 1 is 1.55 bits per heavy atom. The zero-order valence-corrected chi connectivity index (χ0v) is 12.7. The van der Waals surface area contributed by atoms with Gasteiger partial charge in [-0.3, -0.25) is 4.79 Å². The van der Waals surface area contributed by atoms with Crippen molar-refractivity contribution in [3.8, 4) is 0 Å². The lowest BCUT2D eigenvalue weighted by Crippen LogP contribution is -2.37. The molecule has 4 nitrogen and oxygen atoms in total. The summed E-state index contributed by atoms with van der Waals surface area (Å²) in [5.74, 6) is 0.810. The van der Waals surface area contributed by atoms with Crippen molar-refractivity contribution in [2.75, 3.05) is 13.1 Å². The second-order valence-corrected chi connectivity index (χ2v) is 6.54. The van der Waals surface area contributed by atoms with E-state index in [1.165, 1.54) is 0 Å². The Bertz CT molecular complexity index is 464. The number of hydrogen-bond acceptors (Lipinski definition) is 3. The third-order valence-corrected chi connectivity index (χ3v) is 3.88. The molecule has 1 unspecified atom stereocenters. The van der Waals surface area contributed by atoms with Gasteiger partial charge in [-0.2, -0.15) is 0 Å². The van der Waals surface area contributed by atoms with Crippen LogP contribution in [-0.2, 0) is 6.42 Å². The van der Waals surface area contributed by atoms with Crippen LogP contribution in [0.15, 0.2) is 16.7 Å². The summed E-state index contributed by atoms with van der Waals surface area (Å²) in [5.41, 5.74) is 0.624. The number of aliphatic hydroxyl groups is 1. The minimum atomic E-state index is -0.317. The summed E-state index contributed by atoms with van der Waals surface area (Å²) in [7, 11) is 0. The van der Waals surface area contributed by atoms with Crippen molar-refractivity contribution < 1.29 is 14.3 Å². The van der Waals surface area contributed by atoms with Crippen molar-refractivity contribution in [3.63, 3.8) is 0 Å². The molecule has 1 amide bonds. The van der Waals surface area contributed by atoms with Crippen LogP contribution in [0.3, 0.4) is 0 Å². The summed E-state index contributed by atoms with van der Waals surface area (Å²) in [6, 6.07) is 1.77. The summed E-state index contributed by atoms with van der Waals surface area (Å²) in [4.78, 5) is 14.5. The summed E-state index contributed by atoms with van der Waals surface area (Å²) < 4.78 is 5.42. The van der Waals surface area contributed by atoms with Crippen LogP contribution in [0, 0.1) is 5.41 Å². The molecule has 1 aromatic rings. The fourth-order valence-electron chi connectivity index (χ4n) is 3.00. The molecule has 1 aromatic heterocycles. The second-order valence-electron chi connectivity index (χ2n) is 6.54. The molecule has 1 atom stereocenters. The maximum Gasteiger partial charge on any atom is 0.257 e. The normalized spacial score (nSPS) is 22.6. The van der Waals surface area contributed by atoms with Crippen molar-refractivity contribution in [1.82, 2.24) is 4.90 Å². The van der Waals surface area contributed by atoms with Crippen LogP contribution in [0.1, 0.15) is 56.2 Å². The first-order chi connectivity index (χ1) is 9.43. The molecule has 0 spiro atoms. The van der Waals surface area contributed by atoms with E-state index in [2.05, 4.69) is 20.8 Å². The average Bonchev–Trinajstić information content (AvgIpc) is 2.76. The quantitative estimate of drug-likeness (QED) is 0.925. The first-order valence-electron chi connectivity index (χ1n) is 7.46. The molecule has 1 fully saturated rings. The Labute approximate surface area is 120 Å². The Hall–Kier alpha value is -1.29. The molecule has 0 aliphatic carbocycles. The number of amides is 1. The van der Waals surface area contributed by atoms with Gasteiger partial charge in [0.05, 0.1) is 17.9 Å². The van der Waals surface area contributed by atoms with Gasteiger partial charge in [0.2, 0.25) is 0 Å². The standard InChI is InChI=1S/C16H25NO3/c1-4-5-14-13(7-9-20-14)15(19)17-8-6-12(18)10-16(2,3)11-17/h7,9,12,18H,4-6,8,10-11H2,1-3H3. The van der Waals surface area contributed by atoms with E-state index in [-0.39, 0.29) is 17.4 Å². The molecular formula is C16H25NO3. The van der Waals surface area contributed by atoms with E-state index >= 15 is 0 Å². The SMILES string of the molecule is CCCc1occc1C(=O)N1CCC(O)CC(C)(C)C1. The number of aryl methyl sites for hydroxylation is 1. The highest BCUT2D eigenvalue weighted by Gasteiger charge is 2.32. The Morgan fingerprint density at radius 2 is 2.30 bits per heavy atom. The smallest absolute Gasteiger partial charge is 0.257 e. The van der Waals surface area contributed by atoms with E-state index in [9.17, 15) is 9.90 Å². The number of likely N-dealkylation sites (tertiary alicyclic amines) is 1. The van der Waals surface area contributed by atoms with E-state index < -0.39 is 0 Å². The van der Waals surface area contributed by atoms with E-state index in [1.54, 1.807) is 12.3 Å². The minimum Gasteiger partial charge on any atom is -0.469 e. The molecule has 0 saturated carbocycles. The molecule has 0 bridgehead atoms. The third-order valence-electron chi connectivity index (χ3n) is 3.88. The van der Waals surface area contributed by atoms with Crippen LogP contribution in [0.4, 0.5) is 0 Å². The number of furan rings is 1. The minimum absolute atomic E-state index is 0.0318. The molecule has 0 radical (unpaired) electrons. The summed E-state index contributed by atoms with van der Waals surface area (Å²) in [5, 5.41) is 9.94. The Balaban J connectivity index is 2.17. The number of carbonyl (C=O) groups is 1. The summed E-state index contributed by atoms with van der Waals surface area (Å²) in [6.07, 6.45) is 4.41. The average molecular weight is 279 g/mol. The highest BCUT2D eigenvalue weighted by molar-refractivity contribution is 5.95. The largest absolute Gasteiger partial charge is 0.469 e. The molecule has 112 valence electrons. The first-order valence-corrected chi connectivity index (χ1v) is 7.46. The molecule has 1 N–H and O–H groups in total. The van der Waals surface area contributed by atoms with Crippen molar-refractivity contribution in [3.05, 3.63) is 23.7 Å². The van der Waals surface area contributed by atoms with Gasteiger partial charge < -0.3 is 14.4 Å². The van der Waals surface area contributed by atoms with Crippen LogP contribution in [0.25, 0.3) is 0 Å². The molecule has 1 saturated heterocycles. The molecule has 0 aromatic carbocycles. The summed E-state index contributed by atoms with van der Waals surface area (Å²) in [6.45, 7) is 7.57. The molecule has 4 heteroatoms. The number of rotatable bonds is 3. The van der Waals surface area contributed by atoms with E-state index in [1.807, 2.05) is 4.90 Å². The van der Waals surface area contributed by atoms with Crippen LogP contribution >= 0.6 is 0 Å². The van der Waals surface area contributed by atoms with Gasteiger partial charge in [0.15, 0.2) is 0 Å². The molecular weight excluding hydrogens is 254 g/mol. The van der Waals surface area contributed by atoms with E-state index in [0.717, 1.165) is 25.0 Å². The second kappa shape index (κ2) is 6.00. The lowest BCUT2D eigenvalue weighted by atomic mass is 9.87. The van der Waals surface area contributed by atoms with Gasteiger partial charge in [-0.1, -0.05) is 20.8 Å². The fourth-order valence-corrected chi connectivity index (χ4v) is 3.00. The van der Waals surface area contributed by atoms with Gasteiger partial charge in [0, 0.05) is 19.5 Å². The Morgan fingerprint density at radius 3 is 3.00 bits per heavy atom. The van der Waals surface area contributed by atoms with Crippen LogP contribution in [0.2, 0.25) is 0 Å². The maximum absolute atomic E-state index is 12.7. The monoisotopic (exact) mass is 279 g/mol. The number of aliphatic hydroxyl groups excluding tert-OH is 1. The number of nitrogens with zero attached hydrogens (tertiary/aromatic N) is 1.